The second-order valence-electron chi connectivity index (χ2n) is 8.53. The molecule has 0 aliphatic heterocycles. The highest BCUT2D eigenvalue weighted by atomic mass is 19.1. The Morgan fingerprint density at radius 3 is 2.69 bits per heavy atom. The maximum absolute atomic E-state index is 14.0. The van der Waals surface area contributed by atoms with Crippen molar-refractivity contribution in [1.82, 2.24) is 24.8 Å². The highest BCUT2D eigenvalue weighted by molar-refractivity contribution is 5.86. The molecule has 0 fully saturated rings. The topological polar surface area (TPSA) is 151 Å². The van der Waals surface area contributed by atoms with Crippen LogP contribution in [0.15, 0.2) is 35.0 Å². The molecule has 0 saturated heterocycles. The van der Waals surface area contributed by atoms with Gasteiger partial charge in [0.15, 0.2) is 17.3 Å². The molecule has 1 aromatic carbocycles. The molecule has 11 heteroatoms. The van der Waals surface area contributed by atoms with Crippen LogP contribution in [0.25, 0.3) is 22.6 Å². The number of hydrogen-bond acceptors (Lipinski definition) is 9. The van der Waals surface area contributed by atoms with Crippen molar-refractivity contribution in [3.8, 4) is 29.2 Å². The molecule has 0 saturated carbocycles. The zero-order valence-electron chi connectivity index (χ0n) is 19.6. The lowest BCUT2D eigenvalue weighted by molar-refractivity contribution is 0.143. The summed E-state index contributed by atoms with van der Waals surface area (Å²) >= 11 is 0. The van der Waals surface area contributed by atoms with Gasteiger partial charge in [-0.1, -0.05) is 24.1 Å². The van der Waals surface area contributed by atoms with Crippen LogP contribution in [-0.2, 0) is 13.0 Å². The van der Waals surface area contributed by atoms with Gasteiger partial charge in [0.2, 0.25) is 5.88 Å². The lowest BCUT2D eigenvalue weighted by atomic mass is 10.1. The van der Waals surface area contributed by atoms with Crippen LogP contribution in [0.1, 0.15) is 32.0 Å². The van der Waals surface area contributed by atoms with Gasteiger partial charge in [0, 0.05) is 18.7 Å². The summed E-state index contributed by atoms with van der Waals surface area (Å²) in [5, 5.41) is 17.6. The number of fused-ring (bicyclic) bond motifs is 1. The van der Waals surface area contributed by atoms with Gasteiger partial charge in [-0.15, -0.1) is 0 Å². The van der Waals surface area contributed by atoms with Gasteiger partial charge >= 0.3 is 0 Å². The van der Waals surface area contributed by atoms with Gasteiger partial charge < -0.3 is 25.9 Å². The standard InChI is InChI=1S/C24H26FN7O3/c1-4-32-18-12-19(34-13-15(26)11-14-7-5-6-8-16(14)25)28-17(9-10-24(2,3)33)20(18)29-23(32)21-22(27)31-35-30-21/h5-8,12,15,33H,4,11,13,26H2,1-3H3,(H2,27,31)/t15-/m0/s1. The first-order chi connectivity index (χ1) is 16.7. The third kappa shape index (κ3) is 5.40. The number of pyridine rings is 1. The number of nitrogens with zero attached hydrogens (tertiary/aromatic N) is 5. The summed E-state index contributed by atoms with van der Waals surface area (Å²) in [4.78, 5) is 9.13. The highest BCUT2D eigenvalue weighted by Crippen LogP contribution is 2.30. The van der Waals surface area contributed by atoms with E-state index in [0.717, 1.165) is 0 Å². The number of aliphatic hydroxyl groups is 1. The molecule has 0 spiro atoms. The number of nitrogens with two attached hydrogens (primary N) is 2. The van der Waals surface area contributed by atoms with Gasteiger partial charge in [0.1, 0.15) is 29.2 Å². The second-order valence-corrected chi connectivity index (χ2v) is 8.53. The maximum Gasteiger partial charge on any atom is 0.216 e. The minimum atomic E-state index is -1.25. The molecule has 0 amide bonds. The van der Waals surface area contributed by atoms with Gasteiger partial charge in [-0.2, -0.15) is 0 Å². The third-order valence-corrected chi connectivity index (χ3v) is 5.13. The molecule has 35 heavy (non-hydrogen) atoms. The lowest BCUT2D eigenvalue weighted by Gasteiger charge is -2.14. The number of anilines is 1. The molecule has 10 nitrogen and oxygen atoms in total. The minimum Gasteiger partial charge on any atom is -0.476 e. The van der Waals surface area contributed by atoms with Crippen LogP contribution in [0, 0.1) is 17.7 Å². The Morgan fingerprint density at radius 2 is 2.03 bits per heavy atom. The quantitative estimate of drug-likeness (QED) is 0.339. The van der Waals surface area contributed by atoms with E-state index in [4.69, 9.17) is 20.8 Å². The van der Waals surface area contributed by atoms with Crippen molar-refractivity contribution in [3.63, 3.8) is 0 Å². The molecule has 3 heterocycles. The van der Waals surface area contributed by atoms with Crippen LogP contribution in [0.4, 0.5) is 10.2 Å². The first-order valence-corrected chi connectivity index (χ1v) is 11.0. The molecule has 0 bridgehead atoms. The normalized spacial score (nSPS) is 12.4. The molecule has 4 aromatic rings. The van der Waals surface area contributed by atoms with E-state index in [1.807, 2.05) is 11.5 Å². The zero-order valence-corrected chi connectivity index (χ0v) is 19.6. The summed E-state index contributed by atoms with van der Waals surface area (Å²) in [5.74, 6) is 6.12. The first-order valence-electron chi connectivity index (χ1n) is 11.0. The van der Waals surface area contributed by atoms with Crippen molar-refractivity contribution in [3.05, 3.63) is 47.4 Å². The zero-order chi connectivity index (χ0) is 25.2. The maximum atomic E-state index is 14.0. The average Bonchev–Trinajstić information content (AvgIpc) is 3.39. The van der Waals surface area contributed by atoms with E-state index in [1.165, 1.54) is 6.07 Å². The molecule has 5 N–H and O–H groups in total. The number of halogens is 1. The average molecular weight is 480 g/mol. The van der Waals surface area contributed by atoms with Crippen LogP contribution in [0.3, 0.4) is 0 Å². The number of aryl methyl sites for hydroxylation is 1. The second kappa shape index (κ2) is 9.69. The molecule has 1 atom stereocenters. The van der Waals surface area contributed by atoms with E-state index in [2.05, 4.69) is 32.1 Å². The van der Waals surface area contributed by atoms with Crippen LogP contribution in [0.2, 0.25) is 0 Å². The predicted octanol–water partition coefficient (Wildman–Crippen LogP) is 2.29. The fourth-order valence-corrected chi connectivity index (χ4v) is 3.52. The van der Waals surface area contributed by atoms with E-state index in [-0.39, 0.29) is 24.1 Å². The number of nitrogen functional groups attached to an aromatic ring is 1. The van der Waals surface area contributed by atoms with Gasteiger partial charge in [0.25, 0.3) is 0 Å². The van der Waals surface area contributed by atoms with Gasteiger partial charge in [-0.25, -0.2) is 19.0 Å². The Labute approximate surface area is 201 Å². The number of rotatable bonds is 7. The Morgan fingerprint density at radius 1 is 1.26 bits per heavy atom. The third-order valence-electron chi connectivity index (χ3n) is 5.13. The van der Waals surface area contributed by atoms with Gasteiger partial charge in [-0.3, -0.25) is 0 Å². The summed E-state index contributed by atoms with van der Waals surface area (Å²) in [5.41, 5.74) is 13.1. The first kappa shape index (κ1) is 24.1. The molecule has 0 aliphatic carbocycles. The molecule has 0 radical (unpaired) electrons. The summed E-state index contributed by atoms with van der Waals surface area (Å²) in [6.07, 6.45) is 0.301. The Bertz CT molecular complexity index is 1410. The molecule has 3 aromatic heterocycles. The number of aromatic nitrogens is 5. The Balaban J connectivity index is 1.71. The molecular weight excluding hydrogens is 453 g/mol. The van der Waals surface area contributed by atoms with Gasteiger partial charge in [-0.05, 0) is 55.1 Å². The lowest BCUT2D eigenvalue weighted by Crippen LogP contribution is -2.30. The number of hydrogen-bond donors (Lipinski definition) is 3. The van der Waals surface area contributed by atoms with E-state index >= 15 is 0 Å². The summed E-state index contributed by atoms with van der Waals surface area (Å²) < 4.78 is 26.5. The van der Waals surface area contributed by atoms with Crippen molar-refractivity contribution in [2.45, 2.75) is 45.4 Å². The monoisotopic (exact) mass is 479 g/mol. The Kier molecular flexibility index (Phi) is 6.68. The summed E-state index contributed by atoms with van der Waals surface area (Å²) in [7, 11) is 0. The largest absolute Gasteiger partial charge is 0.476 e. The van der Waals surface area contributed by atoms with Crippen molar-refractivity contribution in [2.75, 3.05) is 12.3 Å². The van der Waals surface area contributed by atoms with E-state index in [0.29, 0.717) is 46.8 Å². The molecule has 0 unspecified atom stereocenters. The smallest absolute Gasteiger partial charge is 0.216 e. The minimum absolute atomic E-state index is 0.0957. The fraction of sp³-hybridized carbons (Fsp3) is 0.333. The van der Waals surface area contributed by atoms with Crippen molar-refractivity contribution < 1.29 is 18.9 Å². The van der Waals surface area contributed by atoms with E-state index in [9.17, 15) is 9.50 Å². The van der Waals surface area contributed by atoms with Crippen molar-refractivity contribution in [2.24, 2.45) is 5.73 Å². The fourth-order valence-electron chi connectivity index (χ4n) is 3.52. The molecule has 4 rings (SSSR count). The number of imidazole rings is 1. The van der Waals surface area contributed by atoms with Crippen LogP contribution in [0.5, 0.6) is 5.88 Å². The molecule has 182 valence electrons. The van der Waals surface area contributed by atoms with Gasteiger partial charge in [0.05, 0.1) is 5.52 Å². The van der Waals surface area contributed by atoms with Crippen molar-refractivity contribution >= 4 is 16.9 Å². The summed E-state index contributed by atoms with van der Waals surface area (Å²) in [6, 6.07) is 7.72. The van der Waals surface area contributed by atoms with E-state index in [1.54, 1.807) is 38.1 Å². The highest BCUT2D eigenvalue weighted by Gasteiger charge is 2.22. The predicted molar refractivity (Wildman–Crippen MR) is 128 cm³/mol. The van der Waals surface area contributed by atoms with Crippen LogP contribution < -0.4 is 16.2 Å². The summed E-state index contributed by atoms with van der Waals surface area (Å²) in [6.45, 7) is 5.68. The molecule has 0 aliphatic rings. The van der Waals surface area contributed by atoms with Crippen LogP contribution >= 0.6 is 0 Å². The molecular formula is C24H26FN7O3. The number of ether oxygens (including phenoxy) is 1. The van der Waals surface area contributed by atoms with E-state index < -0.39 is 11.6 Å². The van der Waals surface area contributed by atoms with Crippen molar-refractivity contribution in [1.29, 1.82) is 0 Å². The Hall–Kier alpha value is -4.01. The number of benzene rings is 1. The SMILES string of the molecule is CCn1c(-c2nonc2N)nc2c(C#CC(C)(C)O)nc(OC[C@@H](N)Cc3ccccc3F)cc21. The van der Waals surface area contributed by atoms with Crippen LogP contribution in [-0.4, -0.2) is 48.2 Å².